The Hall–Kier alpha value is -2.65. The number of azide groups is 1. The van der Waals surface area contributed by atoms with Crippen LogP contribution in [0, 0.1) is 0 Å². The Balaban J connectivity index is 2.36. The summed E-state index contributed by atoms with van der Waals surface area (Å²) in [7, 11) is 0. The first kappa shape index (κ1) is 9.57. The number of benzene rings is 2. The molecule has 0 unspecified atom stereocenters. The summed E-state index contributed by atoms with van der Waals surface area (Å²) in [5.41, 5.74) is 12.1. The summed E-state index contributed by atoms with van der Waals surface area (Å²) in [5, 5.41) is 3.55. The smallest absolute Gasteiger partial charge is 0.0899 e. The van der Waals surface area contributed by atoms with Gasteiger partial charge in [0, 0.05) is 10.6 Å². The second kappa shape index (κ2) is 3.73. The van der Waals surface area contributed by atoms with Gasteiger partial charge in [-0.3, -0.25) is 0 Å². The lowest BCUT2D eigenvalue weighted by molar-refractivity contribution is 1.38. The highest BCUT2D eigenvalue weighted by Crippen LogP contribution is 2.21. The zero-order valence-corrected chi connectivity index (χ0v) is 8.78. The minimum absolute atomic E-state index is 0.546. The van der Waals surface area contributed by atoms with Crippen LogP contribution in [0.15, 0.2) is 47.6 Å². The normalized spacial score (nSPS) is 10.4. The summed E-state index contributed by atoms with van der Waals surface area (Å²) in [6.07, 6.45) is 0. The number of fused-ring (bicyclic) bond motifs is 2. The molecule has 0 saturated carbocycles. The largest absolute Gasteiger partial charge is 0.245 e. The van der Waals surface area contributed by atoms with Gasteiger partial charge in [-0.1, -0.05) is 23.3 Å². The van der Waals surface area contributed by atoms with Gasteiger partial charge >= 0.3 is 0 Å². The molecule has 0 atom stereocenters. The number of aromatic nitrogens is 2. The van der Waals surface area contributed by atoms with Crippen molar-refractivity contribution in [3.8, 4) is 0 Å². The summed E-state index contributed by atoms with van der Waals surface area (Å²) in [4.78, 5) is 11.7. The number of hydrogen-bond acceptors (Lipinski definition) is 3. The van der Waals surface area contributed by atoms with Crippen molar-refractivity contribution < 1.29 is 0 Å². The lowest BCUT2D eigenvalue weighted by Gasteiger charge is -2.00. The van der Waals surface area contributed by atoms with Gasteiger partial charge in [0.25, 0.3) is 0 Å². The van der Waals surface area contributed by atoms with Crippen LogP contribution in [-0.2, 0) is 0 Å². The fraction of sp³-hybridized carbons (Fsp3) is 0. The van der Waals surface area contributed by atoms with Crippen molar-refractivity contribution in [2.75, 3.05) is 0 Å². The molecule has 0 aliphatic rings. The molecule has 0 saturated heterocycles. The fourth-order valence-corrected chi connectivity index (χ4v) is 1.72. The zero-order chi connectivity index (χ0) is 11.7. The summed E-state index contributed by atoms with van der Waals surface area (Å²) >= 11 is 0. The fourth-order valence-electron chi connectivity index (χ4n) is 1.72. The first-order valence-electron chi connectivity index (χ1n) is 5.08. The first-order valence-corrected chi connectivity index (χ1v) is 5.08. The van der Waals surface area contributed by atoms with E-state index in [1.165, 1.54) is 0 Å². The summed E-state index contributed by atoms with van der Waals surface area (Å²) in [6, 6.07) is 12.9. The molecule has 0 radical (unpaired) electrons. The van der Waals surface area contributed by atoms with Crippen molar-refractivity contribution in [1.29, 1.82) is 0 Å². The molecule has 1 aromatic heterocycles. The van der Waals surface area contributed by atoms with Crippen molar-refractivity contribution in [2.45, 2.75) is 0 Å². The molecule has 0 spiro atoms. The van der Waals surface area contributed by atoms with Gasteiger partial charge in [0.05, 0.1) is 22.1 Å². The molecule has 3 aromatic rings. The maximum atomic E-state index is 8.39. The Kier molecular flexibility index (Phi) is 2.10. The monoisotopic (exact) mass is 221 g/mol. The van der Waals surface area contributed by atoms with Crippen LogP contribution in [-0.4, -0.2) is 9.97 Å². The Bertz CT molecular complexity index is 759. The average molecular weight is 221 g/mol. The molecule has 2 aromatic carbocycles. The van der Waals surface area contributed by atoms with E-state index in [0.29, 0.717) is 5.69 Å². The van der Waals surface area contributed by atoms with Crippen LogP contribution < -0.4 is 0 Å². The van der Waals surface area contributed by atoms with Crippen molar-refractivity contribution in [2.24, 2.45) is 5.11 Å². The lowest BCUT2D eigenvalue weighted by Crippen LogP contribution is -1.86. The highest BCUT2D eigenvalue weighted by Gasteiger charge is 2.01. The van der Waals surface area contributed by atoms with Crippen LogP contribution in [0.4, 0.5) is 5.69 Å². The van der Waals surface area contributed by atoms with E-state index in [1.807, 2.05) is 24.3 Å². The van der Waals surface area contributed by atoms with Gasteiger partial charge in [-0.2, -0.15) is 0 Å². The lowest BCUT2D eigenvalue weighted by atomic mass is 10.2. The van der Waals surface area contributed by atoms with E-state index in [9.17, 15) is 0 Å². The molecule has 3 rings (SSSR count). The third-order valence-electron chi connectivity index (χ3n) is 2.48. The van der Waals surface area contributed by atoms with Gasteiger partial charge < -0.3 is 0 Å². The van der Waals surface area contributed by atoms with E-state index >= 15 is 0 Å². The molecular weight excluding hydrogens is 214 g/mol. The second-order valence-electron chi connectivity index (χ2n) is 3.57. The summed E-state index contributed by atoms with van der Waals surface area (Å²) in [5.74, 6) is 0. The van der Waals surface area contributed by atoms with Crippen LogP contribution in [0.1, 0.15) is 0 Å². The van der Waals surface area contributed by atoms with Gasteiger partial charge in [0.15, 0.2) is 0 Å². The molecule has 1 heterocycles. The molecular formula is C12H7N5. The van der Waals surface area contributed by atoms with Gasteiger partial charge in [0.2, 0.25) is 0 Å². The van der Waals surface area contributed by atoms with Crippen LogP contribution in [0.3, 0.4) is 0 Å². The van der Waals surface area contributed by atoms with Gasteiger partial charge in [0.1, 0.15) is 0 Å². The molecule has 0 N–H and O–H groups in total. The van der Waals surface area contributed by atoms with Gasteiger partial charge in [-0.15, -0.1) is 0 Å². The quantitative estimate of drug-likeness (QED) is 0.272. The molecule has 17 heavy (non-hydrogen) atoms. The molecule has 0 aliphatic carbocycles. The maximum Gasteiger partial charge on any atom is 0.0899 e. The highest BCUT2D eigenvalue weighted by atomic mass is 15.1. The minimum Gasteiger partial charge on any atom is -0.245 e. The molecule has 0 aliphatic heterocycles. The summed E-state index contributed by atoms with van der Waals surface area (Å²) in [6.45, 7) is 0. The van der Waals surface area contributed by atoms with Crippen LogP contribution in [0.25, 0.3) is 32.5 Å². The Labute approximate surface area is 96.4 Å². The Morgan fingerprint density at radius 2 is 1.53 bits per heavy atom. The number of nitrogens with zero attached hydrogens (tertiary/aromatic N) is 5. The van der Waals surface area contributed by atoms with Crippen molar-refractivity contribution in [1.82, 2.24) is 9.97 Å². The van der Waals surface area contributed by atoms with Gasteiger partial charge in [-0.25, -0.2) is 9.97 Å². The zero-order valence-electron chi connectivity index (χ0n) is 8.78. The Morgan fingerprint density at radius 3 is 2.24 bits per heavy atom. The van der Waals surface area contributed by atoms with E-state index in [1.54, 1.807) is 18.2 Å². The van der Waals surface area contributed by atoms with Crippen LogP contribution >= 0.6 is 0 Å². The predicted molar refractivity (Wildman–Crippen MR) is 65.9 cm³/mol. The molecule has 5 nitrogen and oxygen atoms in total. The van der Waals surface area contributed by atoms with E-state index in [4.69, 9.17) is 5.53 Å². The van der Waals surface area contributed by atoms with Crippen molar-refractivity contribution in [3.05, 3.63) is 52.9 Å². The second-order valence-corrected chi connectivity index (χ2v) is 3.57. The molecule has 0 fully saturated rings. The van der Waals surface area contributed by atoms with E-state index in [2.05, 4.69) is 20.0 Å². The van der Waals surface area contributed by atoms with Crippen LogP contribution in [0.2, 0.25) is 0 Å². The highest BCUT2D eigenvalue weighted by molar-refractivity contribution is 5.87. The minimum atomic E-state index is 0.546. The van der Waals surface area contributed by atoms with Gasteiger partial charge in [-0.05, 0) is 29.8 Å². The van der Waals surface area contributed by atoms with Crippen molar-refractivity contribution in [3.63, 3.8) is 0 Å². The molecule has 0 amide bonds. The average Bonchev–Trinajstić information content (AvgIpc) is 2.36. The number of para-hydroxylation sites is 2. The topological polar surface area (TPSA) is 74.5 Å². The maximum absolute atomic E-state index is 8.39. The van der Waals surface area contributed by atoms with E-state index in [-0.39, 0.29) is 0 Å². The summed E-state index contributed by atoms with van der Waals surface area (Å²) < 4.78 is 0. The SMILES string of the molecule is [N-]=[N+]=Nc1ccc2nc3ccccc3nc2c1. The number of rotatable bonds is 1. The third kappa shape index (κ3) is 1.64. The molecule has 80 valence electrons. The molecule has 5 heteroatoms. The molecule has 0 bridgehead atoms. The first-order chi connectivity index (χ1) is 8.36. The predicted octanol–water partition coefficient (Wildman–Crippen LogP) is 3.72. The van der Waals surface area contributed by atoms with Crippen LogP contribution in [0.5, 0.6) is 0 Å². The van der Waals surface area contributed by atoms with E-state index < -0.39 is 0 Å². The Morgan fingerprint density at radius 1 is 0.882 bits per heavy atom. The standard InChI is InChI=1S/C12H7N5/c13-17-16-8-5-6-11-12(7-8)15-10-4-2-1-3-9(10)14-11/h1-7H. The van der Waals surface area contributed by atoms with E-state index in [0.717, 1.165) is 22.1 Å². The number of hydrogen-bond donors (Lipinski definition) is 0. The third-order valence-corrected chi connectivity index (χ3v) is 2.48. The van der Waals surface area contributed by atoms with Crippen molar-refractivity contribution >= 4 is 27.8 Å².